The Balaban J connectivity index is 1.69. The van der Waals surface area contributed by atoms with Crippen molar-refractivity contribution in [2.45, 2.75) is 30.6 Å². The molecule has 0 heterocycles. The van der Waals surface area contributed by atoms with Gasteiger partial charge in [0.25, 0.3) is 0 Å². The van der Waals surface area contributed by atoms with E-state index in [4.69, 9.17) is 0 Å². The Morgan fingerprint density at radius 1 is 1.12 bits per heavy atom. The van der Waals surface area contributed by atoms with Crippen LogP contribution < -0.4 is 5.32 Å². The Bertz CT molecular complexity index is 698. The van der Waals surface area contributed by atoms with E-state index in [1.54, 1.807) is 18.2 Å². The summed E-state index contributed by atoms with van der Waals surface area (Å²) in [6.07, 6.45) is 1.93. The highest BCUT2D eigenvalue weighted by atomic mass is 19.1. The average Bonchev–Trinajstić information content (AvgIpc) is 3.41. The molecule has 2 aromatic carbocycles. The number of nitrogens with one attached hydrogen (secondary N) is 1. The molecule has 1 unspecified atom stereocenters. The summed E-state index contributed by atoms with van der Waals surface area (Å²) in [6, 6.07) is 16.3. The van der Waals surface area contributed by atoms with Crippen molar-refractivity contribution in [1.29, 1.82) is 0 Å². The molecule has 0 saturated heterocycles. The Labute approximate surface area is 141 Å². The number of amides is 1. The lowest BCUT2D eigenvalue weighted by Gasteiger charge is -2.21. The number of aliphatic hydroxyl groups excluding tert-OH is 1. The van der Waals surface area contributed by atoms with Crippen molar-refractivity contribution in [2.24, 2.45) is 0 Å². The number of aliphatic hydroxyl groups is 1. The monoisotopic (exact) mass is 327 g/mol. The van der Waals surface area contributed by atoms with Gasteiger partial charge in [-0.1, -0.05) is 48.5 Å². The molecule has 1 saturated carbocycles. The fraction of sp³-hybridized carbons (Fsp3) is 0.350. The number of carbonyl (C=O) groups excluding carboxylic acids is 1. The minimum atomic E-state index is -0.716. The molecule has 24 heavy (non-hydrogen) atoms. The van der Waals surface area contributed by atoms with Crippen molar-refractivity contribution < 1.29 is 14.3 Å². The molecule has 0 bridgehead atoms. The van der Waals surface area contributed by atoms with E-state index in [9.17, 15) is 14.3 Å². The van der Waals surface area contributed by atoms with Gasteiger partial charge in [0, 0.05) is 24.6 Å². The molecule has 4 heteroatoms. The predicted molar refractivity (Wildman–Crippen MR) is 91.2 cm³/mol. The Morgan fingerprint density at radius 3 is 2.42 bits per heavy atom. The number of hydrogen-bond acceptors (Lipinski definition) is 2. The molecule has 2 aromatic rings. The number of halogens is 1. The van der Waals surface area contributed by atoms with Gasteiger partial charge in [-0.2, -0.15) is 0 Å². The molecule has 0 radical (unpaired) electrons. The van der Waals surface area contributed by atoms with Crippen molar-refractivity contribution in [3.8, 4) is 0 Å². The van der Waals surface area contributed by atoms with Gasteiger partial charge in [0.15, 0.2) is 0 Å². The van der Waals surface area contributed by atoms with Crippen molar-refractivity contribution in [3.63, 3.8) is 0 Å². The largest absolute Gasteiger partial charge is 0.396 e. The van der Waals surface area contributed by atoms with E-state index in [0.717, 1.165) is 5.56 Å². The van der Waals surface area contributed by atoms with Gasteiger partial charge in [-0.25, -0.2) is 4.39 Å². The van der Waals surface area contributed by atoms with E-state index in [-0.39, 0.29) is 24.2 Å². The second kappa shape index (κ2) is 7.14. The Kier molecular flexibility index (Phi) is 4.95. The lowest BCUT2D eigenvalue weighted by molar-refractivity contribution is -0.123. The van der Waals surface area contributed by atoms with Gasteiger partial charge in [0.1, 0.15) is 5.82 Å². The van der Waals surface area contributed by atoms with E-state index in [2.05, 4.69) is 5.32 Å². The van der Waals surface area contributed by atoms with Crippen LogP contribution in [0.15, 0.2) is 54.6 Å². The number of carbonyl (C=O) groups is 1. The van der Waals surface area contributed by atoms with Crippen LogP contribution in [-0.2, 0) is 10.2 Å². The van der Waals surface area contributed by atoms with Crippen molar-refractivity contribution in [3.05, 3.63) is 71.5 Å². The Hall–Kier alpha value is -2.20. The first-order chi connectivity index (χ1) is 11.7. The second-order valence-electron chi connectivity index (χ2n) is 6.39. The zero-order valence-corrected chi connectivity index (χ0v) is 13.5. The Morgan fingerprint density at radius 2 is 1.79 bits per heavy atom. The normalized spacial score (nSPS) is 16.4. The van der Waals surface area contributed by atoms with Crippen LogP contribution in [0.1, 0.15) is 36.3 Å². The standard InChI is InChI=1S/C20H22FNO2/c21-18-9-5-4-8-17(18)20(11-12-20)19(24)22-14-16(10-13-23)15-6-2-1-3-7-15/h1-9,16,23H,10-14H2,(H,22,24). The van der Waals surface area contributed by atoms with Crippen LogP contribution in [0.25, 0.3) is 0 Å². The van der Waals surface area contributed by atoms with E-state index in [1.807, 2.05) is 30.3 Å². The van der Waals surface area contributed by atoms with E-state index in [1.165, 1.54) is 6.07 Å². The molecule has 1 aliphatic carbocycles. The molecule has 0 spiro atoms. The van der Waals surface area contributed by atoms with E-state index >= 15 is 0 Å². The number of hydrogen-bond donors (Lipinski definition) is 2. The first-order valence-corrected chi connectivity index (χ1v) is 8.36. The third-order valence-corrected chi connectivity index (χ3v) is 4.83. The highest BCUT2D eigenvalue weighted by molar-refractivity contribution is 5.91. The summed E-state index contributed by atoms with van der Waals surface area (Å²) >= 11 is 0. The van der Waals surface area contributed by atoms with Crippen LogP contribution in [0.5, 0.6) is 0 Å². The zero-order valence-electron chi connectivity index (χ0n) is 13.5. The molecule has 0 aliphatic heterocycles. The molecule has 126 valence electrons. The highest BCUT2D eigenvalue weighted by Crippen LogP contribution is 2.49. The van der Waals surface area contributed by atoms with Gasteiger partial charge in [0.05, 0.1) is 5.41 Å². The van der Waals surface area contributed by atoms with Gasteiger partial charge in [-0.3, -0.25) is 4.79 Å². The molecule has 1 fully saturated rings. The SMILES string of the molecule is O=C(NCC(CCO)c1ccccc1)C1(c2ccccc2F)CC1. The summed E-state index contributed by atoms with van der Waals surface area (Å²) in [5, 5.41) is 12.3. The molecule has 0 aromatic heterocycles. The maximum Gasteiger partial charge on any atom is 0.230 e. The van der Waals surface area contributed by atoms with Crippen molar-refractivity contribution in [1.82, 2.24) is 5.32 Å². The summed E-state index contributed by atoms with van der Waals surface area (Å²) in [4.78, 5) is 12.7. The third kappa shape index (κ3) is 3.34. The first kappa shape index (κ1) is 16.7. The van der Waals surface area contributed by atoms with Gasteiger partial charge in [0.2, 0.25) is 5.91 Å². The summed E-state index contributed by atoms with van der Waals surface area (Å²) in [7, 11) is 0. The maximum atomic E-state index is 14.1. The lowest BCUT2D eigenvalue weighted by Crippen LogP contribution is -2.37. The molecule has 3 rings (SSSR count). The molecule has 2 N–H and O–H groups in total. The van der Waals surface area contributed by atoms with Crippen LogP contribution in [-0.4, -0.2) is 24.2 Å². The van der Waals surface area contributed by atoms with Crippen LogP contribution in [0.3, 0.4) is 0 Å². The van der Waals surface area contributed by atoms with E-state index in [0.29, 0.717) is 31.4 Å². The van der Waals surface area contributed by atoms with E-state index < -0.39 is 5.41 Å². The minimum Gasteiger partial charge on any atom is -0.396 e. The molecule has 3 nitrogen and oxygen atoms in total. The van der Waals surface area contributed by atoms with Gasteiger partial charge < -0.3 is 10.4 Å². The fourth-order valence-corrected chi connectivity index (χ4v) is 3.25. The molecule has 1 atom stereocenters. The average molecular weight is 327 g/mol. The zero-order chi connectivity index (χ0) is 17.0. The molecule has 1 aliphatic rings. The lowest BCUT2D eigenvalue weighted by atomic mass is 9.92. The topological polar surface area (TPSA) is 49.3 Å². The van der Waals surface area contributed by atoms with Crippen molar-refractivity contribution in [2.75, 3.05) is 13.2 Å². The predicted octanol–water partition coefficient (Wildman–Crippen LogP) is 3.14. The summed E-state index contributed by atoms with van der Waals surface area (Å²) in [6.45, 7) is 0.507. The second-order valence-corrected chi connectivity index (χ2v) is 6.39. The van der Waals surface area contributed by atoms with Gasteiger partial charge >= 0.3 is 0 Å². The first-order valence-electron chi connectivity index (χ1n) is 8.36. The quantitative estimate of drug-likeness (QED) is 0.821. The van der Waals surface area contributed by atoms with Crippen LogP contribution >= 0.6 is 0 Å². The van der Waals surface area contributed by atoms with Gasteiger partial charge in [-0.15, -0.1) is 0 Å². The molecule has 1 amide bonds. The minimum absolute atomic E-state index is 0.0524. The molecular weight excluding hydrogens is 305 g/mol. The number of benzene rings is 2. The van der Waals surface area contributed by atoms with Crippen LogP contribution in [0.4, 0.5) is 4.39 Å². The molecular formula is C20H22FNO2. The maximum absolute atomic E-state index is 14.1. The van der Waals surface area contributed by atoms with Crippen LogP contribution in [0, 0.1) is 5.82 Å². The summed E-state index contributed by atoms with van der Waals surface area (Å²) in [5.74, 6) is -0.386. The summed E-state index contributed by atoms with van der Waals surface area (Å²) in [5.41, 5.74) is 0.856. The van der Waals surface area contributed by atoms with Crippen LogP contribution in [0.2, 0.25) is 0 Å². The third-order valence-electron chi connectivity index (χ3n) is 4.83. The van der Waals surface area contributed by atoms with Crippen molar-refractivity contribution >= 4 is 5.91 Å². The number of rotatable bonds is 7. The summed E-state index contributed by atoms with van der Waals surface area (Å²) < 4.78 is 14.1. The fourth-order valence-electron chi connectivity index (χ4n) is 3.25. The smallest absolute Gasteiger partial charge is 0.230 e. The highest BCUT2D eigenvalue weighted by Gasteiger charge is 2.52. The van der Waals surface area contributed by atoms with Gasteiger partial charge in [-0.05, 0) is 30.9 Å².